The van der Waals surface area contributed by atoms with Crippen molar-refractivity contribution in [3.63, 3.8) is 0 Å². The van der Waals surface area contributed by atoms with Crippen molar-refractivity contribution in [3.05, 3.63) is 36.2 Å². The molecule has 0 spiro atoms. The van der Waals surface area contributed by atoms with Crippen LogP contribution in [0.3, 0.4) is 0 Å². The van der Waals surface area contributed by atoms with Gasteiger partial charge in [-0.25, -0.2) is 4.98 Å². The Hall–Kier alpha value is -2.29. The summed E-state index contributed by atoms with van der Waals surface area (Å²) in [6.45, 7) is 0.601. The molecule has 0 amide bonds. The number of ether oxygens (including phenoxy) is 1. The van der Waals surface area contributed by atoms with Crippen molar-refractivity contribution in [1.29, 1.82) is 0 Å². The molecule has 2 saturated carbocycles. The predicted octanol–water partition coefficient (Wildman–Crippen LogP) is 5.09. The number of nitrogens with two attached hydrogens (primary N) is 1. The number of hydrogen-bond acceptors (Lipinski definition) is 7. The first-order valence-corrected chi connectivity index (χ1v) is 11.8. The number of hydrogen-bond donors (Lipinski definition) is 3. The van der Waals surface area contributed by atoms with E-state index in [1.807, 2.05) is 24.5 Å². The molecule has 2 aromatic heterocycles. The van der Waals surface area contributed by atoms with E-state index in [1.54, 1.807) is 7.11 Å². The largest absolute Gasteiger partial charge is 0.496 e. The van der Waals surface area contributed by atoms with E-state index in [-0.39, 0.29) is 24.8 Å². The van der Waals surface area contributed by atoms with Crippen molar-refractivity contribution >= 4 is 47.7 Å². The van der Waals surface area contributed by atoms with E-state index < -0.39 is 0 Å². The first kappa shape index (κ1) is 26.3. The van der Waals surface area contributed by atoms with Gasteiger partial charge in [-0.3, -0.25) is 0 Å². The number of methoxy groups -OCH3 is 1. The van der Waals surface area contributed by atoms with Gasteiger partial charge in [-0.15, -0.1) is 24.8 Å². The zero-order valence-corrected chi connectivity index (χ0v) is 21.2. The van der Waals surface area contributed by atoms with E-state index in [0.717, 1.165) is 54.0 Å². The second-order valence-corrected chi connectivity index (χ2v) is 9.08. The quantitative estimate of drug-likeness (QED) is 0.409. The van der Waals surface area contributed by atoms with Gasteiger partial charge in [0.25, 0.3) is 0 Å². The fourth-order valence-electron chi connectivity index (χ4n) is 5.03. The fourth-order valence-corrected chi connectivity index (χ4v) is 5.03. The van der Waals surface area contributed by atoms with Gasteiger partial charge in [0.1, 0.15) is 5.75 Å². The van der Waals surface area contributed by atoms with Crippen molar-refractivity contribution in [2.45, 2.75) is 76.0 Å². The first-order valence-electron chi connectivity index (χ1n) is 11.8. The second-order valence-electron chi connectivity index (χ2n) is 9.08. The van der Waals surface area contributed by atoms with Gasteiger partial charge in [0.2, 0.25) is 5.95 Å². The number of fused-ring (bicyclic) bond motifs is 1. The normalized spacial score (nSPS) is 20.4. The van der Waals surface area contributed by atoms with E-state index in [0.29, 0.717) is 30.6 Å². The second kappa shape index (κ2) is 11.9. The molecule has 2 heterocycles. The molecule has 0 atom stereocenters. The number of rotatable bonds is 7. The number of para-hydroxylation sites is 1. The van der Waals surface area contributed by atoms with Crippen molar-refractivity contribution < 1.29 is 4.74 Å². The number of aromatic nitrogens is 4. The SMILES string of the molecule is COc1ccccc1CNc1nc(N[C@H]2CC[C@H](N)CC2)nc2c1ncn2C1CCCC1.Cl.Cl. The molecule has 1 aromatic carbocycles. The fraction of sp³-hybridized carbons (Fsp3) is 0.542. The van der Waals surface area contributed by atoms with Crippen LogP contribution < -0.4 is 21.1 Å². The average molecular weight is 508 g/mol. The monoisotopic (exact) mass is 507 g/mol. The number of benzene rings is 1. The van der Waals surface area contributed by atoms with Gasteiger partial charge >= 0.3 is 0 Å². The number of halogens is 2. The molecular formula is C24H35Cl2N7O. The van der Waals surface area contributed by atoms with Crippen molar-refractivity contribution in [3.8, 4) is 5.75 Å². The average Bonchev–Trinajstić information content (AvgIpc) is 3.49. The third kappa shape index (κ3) is 5.67. The van der Waals surface area contributed by atoms with Crippen LogP contribution in [0, 0.1) is 0 Å². The van der Waals surface area contributed by atoms with Gasteiger partial charge in [0.15, 0.2) is 17.0 Å². The smallest absolute Gasteiger partial charge is 0.227 e. The van der Waals surface area contributed by atoms with Gasteiger partial charge in [-0.05, 0) is 44.6 Å². The minimum absolute atomic E-state index is 0. The highest BCUT2D eigenvalue weighted by atomic mass is 35.5. The summed E-state index contributed by atoms with van der Waals surface area (Å²) in [4.78, 5) is 14.5. The van der Waals surface area contributed by atoms with Gasteiger partial charge in [-0.2, -0.15) is 9.97 Å². The lowest BCUT2D eigenvalue weighted by atomic mass is 9.92. The standard InChI is InChI=1S/C24H33N7O.2ClH/c1-32-20-9-5-2-6-16(20)14-26-22-21-23(31(15-27-21)19-7-3-4-8-19)30-24(29-22)28-18-12-10-17(25)11-13-18;;/h2,5-6,9,15,17-19H,3-4,7-8,10-14,25H2,1H3,(H2,26,28,29,30);2*1H/t17-,18-;;. The maximum atomic E-state index is 6.09. The highest BCUT2D eigenvalue weighted by molar-refractivity contribution is 5.86. The Morgan fingerprint density at radius 3 is 2.50 bits per heavy atom. The molecule has 8 nitrogen and oxygen atoms in total. The molecule has 0 radical (unpaired) electrons. The van der Waals surface area contributed by atoms with Crippen LogP contribution in [0.25, 0.3) is 11.2 Å². The maximum absolute atomic E-state index is 6.09. The van der Waals surface area contributed by atoms with E-state index in [4.69, 9.17) is 25.4 Å². The van der Waals surface area contributed by atoms with Gasteiger partial charge in [0.05, 0.1) is 13.4 Å². The zero-order valence-electron chi connectivity index (χ0n) is 19.6. The van der Waals surface area contributed by atoms with Crippen LogP contribution in [-0.4, -0.2) is 38.7 Å². The van der Waals surface area contributed by atoms with Crippen LogP contribution >= 0.6 is 24.8 Å². The maximum Gasteiger partial charge on any atom is 0.227 e. The third-order valence-corrected chi connectivity index (χ3v) is 6.88. The summed E-state index contributed by atoms with van der Waals surface area (Å²) in [5.41, 5.74) is 8.90. The van der Waals surface area contributed by atoms with Crippen LogP contribution in [0.2, 0.25) is 0 Å². The summed E-state index contributed by atoms with van der Waals surface area (Å²) >= 11 is 0. The lowest BCUT2D eigenvalue weighted by Crippen LogP contribution is -2.33. The lowest BCUT2D eigenvalue weighted by molar-refractivity contribution is 0.409. The van der Waals surface area contributed by atoms with E-state index in [1.165, 1.54) is 25.7 Å². The molecule has 34 heavy (non-hydrogen) atoms. The molecule has 2 aliphatic rings. The topological polar surface area (TPSA) is 103 Å². The molecule has 0 unspecified atom stereocenters. The van der Waals surface area contributed by atoms with E-state index in [2.05, 4.69) is 21.3 Å². The van der Waals surface area contributed by atoms with Crippen LogP contribution in [0.4, 0.5) is 11.8 Å². The number of imidazole rings is 1. The van der Waals surface area contributed by atoms with Gasteiger partial charge < -0.3 is 25.7 Å². The summed E-state index contributed by atoms with van der Waals surface area (Å²) in [7, 11) is 1.70. The number of anilines is 2. The Bertz CT molecular complexity index is 1060. The molecule has 0 bridgehead atoms. The number of nitrogens with one attached hydrogen (secondary N) is 2. The summed E-state index contributed by atoms with van der Waals surface area (Å²) in [5.74, 6) is 2.28. The Morgan fingerprint density at radius 2 is 1.76 bits per heavy atom. The molecule has 10 heteroatoms. The van der Waals surface area contributed by atoms with Gasteiger partial charge in [0, 0.05) is 30.2 Å². The predicted molar refractivity (Wildman–Crippen MR) is 141 cm³/mol. The Kier molecular flexibility index (Phi) is 9.22. The minimum Gasteiger partial charge on any atom is -0.496 e. The van der Waals surface area contributed by atoms with Crippen LogP contribution in [0.15, 0.2) is 30.6 Å². The minimum atomic E-state index is 0. The molecule has 2 fully saturated rings. The van der Waals surface area contributed by atoms with E-state index in [9.17, 15) is 0 Å². The Morgan fingerprint density at radius 1 is 1.03 bits per heavy atom. The van der Waals surface area contributed by atoms with E-state index >= 15 is 0 Å². The third-order valence-electron chi connectivity index (χ3n) is 6.88. The van der Waals surface area contributed by atoms with Crippen LogP contribution in [0.5, 0.6) is 5.75 Å². The van der Waals surface area contributed by atoms with Crippen LogP contribution in [-0.2, 0) is 6.54 Å². The number of nitrogens with zero attached hydrogens (tertiary/aromatic N) is 4. The lowest BCUT2D eigenvalue weighted by Gasteiger charge is -2.27. The van der Waals surface area contributed by atoms with Crippen molar-refractivity contribution in [2.75, 3.05) is 17.7 Å². The highest BCUT2D eigenvalue weighted by Gasteiger charge is 2.24. The first-order chi connectivity index (χ1) is 15.7. The van der Waals surface area contributed by atoms with Crippen LogP contribution in [0.1, 0.15) is 63.0 Å². The molecule has 5 rings (SSSR count). The molecule has 0 aliphatic heterocycles. The van der Waals surface area contributed by atoms with Crippen molar-refractivity contribution in [2.24, 2.45) is 5.73 Å². The van der Waals surface area contributed by atoms with Crippen molar-refractivity contribution in [1.82, 2.24) is 19.5 Å². The molecule has 0 saturated heterocycles. The summed E-state index contributed by atoms with van der Waals surface area (Å²) in [5, 5.41) is 7.08. The Balaban J connectivity index is 0.00000162. The summed E-state index contributed by atoms with van der Waals surface area (Å²) in [6.07, 6.45) is 11.0. The molecule has 186 valence electrons. The summed E-state index contributed by atoms with van der Waals surface area (Å²) < 4.78 is 7.76. The highest BCUT2D eigenvalue weighted by Crippen LogP contribution is 2.33. The molecule has 3 aromatic rings. The van der Waals surface area contributed by atoms with Gasteiger partial charge in [-0.1, -0.05) is 31.0 Å². The molecular weight excluding hydrogens is 473 g/mol. The zero-order chi connectivity index (χ0) is 21.9. The summed E-state index contributed by atoms with van der Waals surface area (Å²) in [6, 6.07) is 9.18. The Labute approximate surface area is 213 Å². The molecule has 2 aliphatic carbocycles. The molecule has 4 N–H and O–H groups in total.